The summed E-state index contributed by atoms with van der Waals surface area (Å²) in [4.78, 5) is 42.3. The van der Waals surface area contributed by atoms with Crippen molar-refractivity contribution in [1.82, 2.24) is 4.90 Å². The second-order valence-corrected chi connectivity index (χ2v) is 13.9. The number of ether oxygens (including phenoxy) is 1. The molecule has 3 aliphatic rings. The predicted octanol–water partition coefficient (Wildman–Crippen LogP) is 7.72. The van der Waals surface area contributed by atoms with Crippen molar-refractivity contribution in [2.45, 2.75) is 72.3 Å². The third-order valence-corrected chi connectivity index (χ3v) is 9.10. The molecule has 0 bridgehead atoms. The molecule has 0 saturated heterocycles. The zero-order valence-corrected chi connectivity index (χ0v) is 25.7. The topological polar surface area (TPSA) is 83.9 Å². The molecule has 228 valence electrons. The second-order valence-electron chi connectivity index (χ2n) is 13.9. The minimum Gasteiger partial charge on any atom is -0.489 e. The van der Waals surface area contributed by atoms with Gasteiger partial charge in [-0.05, 0) is 58.2 Å². The summed E-state index contributed by atoms with van der Waals surface area (Å²) in [5.74, 6) is -1.39. The van der Waals surface area contributed by atoms with Gasteiger partial charge in [0.15, 0.2) is 11.6 Å². The van der Waals surface area contributed by atoms with Gasteiger partial charge < -0.3 is 14.7 Å². The molecule has 1 aliphatic heterocycles. The highest BCUT2D eigenvalue weighted by Crippen LogP contribution is 2.56. The molecule has 6 nitrogen and oxygen atoms in total. The van der Waals surface area contributed by atoms with Crippen LogP contribution < -0.4 is 4.74 Å². The minimum absolute atomic E-state index is 0.0248. The number of aliphatic carboxylic acids is 1. The number of fused-ring (bicyclic) bond motifs is 1. The number of carbonyl (C=O) groups is 3. The van der Waals surface area contributed by atoms with Gasteiger partial charge in [0, 0.05) is 53.4 Å². The van der Waals surface area contributed by atoms with Gasteiger partial charge in [0.05, 0.1) is 6.42 Å². The summed E-state index contributed by atoms with van der Waals surface area (Å²) in [6.45, 7) is 8.63. The van der Waals surface area contributed by atoms with Gasteiger partial charge in [-0.1, -0.05) is 70.2 Å². The number of benzene rings is 3. The number of halogens is 1. The van der Waals surface area contributed by atoms with E-state index >= 15 is 0 Å². The van der Waals surface area contributed by atoms with Crippen molar-refractivity contribution >= 4 is 28.3 Å². The lowest BCUT2D eigenvalue weighted by Gasteiger charge is -2.49. The monoisotopic (exact) mass is 595 g/mol. The average molecular weight is 596 g/mol. The number of hydrogen-bond acceptors (Lipinski definition) is 5. The van der Waals surface area contributed by atoms with E-state index < -0.39 is 11.9 Å². The number of hydrogen-bond donors (Lipinski definition) is 1. The Morgan fingerprint density at radius 1 is 0.864 bits per heavy atom. The van der Waals surface area contributed by atoms with Crippen molar-refractivity contribution in [2.24, 2.45) is 10.8 Å². The standard InChI is InChI=1S/C37H38FNO5/c1-36(2)17-26-33(28(40)19-36)35(34-27(39(26)16-15-31(42)43)18-37(3,4)20-29(34)41)32-25-8-6-5-7-23(25)11-14-30(32)44-21-22-9-12-24(38)13-10-22/h5-14,35H,15-21H2,1-4H3,(H,42,43). The summed E-state index contributed by atoms with van der Waals surface area (Å²) < 4.78 is 20.1. The maximum absolute atomic E-state index is 14.3. The first-order chi connectivity index (χ1) is 20.8. The van der Waals surface area contributed by atoms with Crippen LogP contribution in [0, 0.1) is 16.6 Å². The summed E-state index contributed by atoms with van der Waals surface area (Å²) in [5, 5.41) is 11.5. The van der Waals surface area contributed by atoms with Crippen LogP contribution in [-0.4, -0.2) is 34.1 Å². The van der Waals surface area contributed by atoms with Crippen molar-refractivity contribution in [2.75, 3.05) is 6.54 Å². The fraction of sp³-hybridized carbons (Fsp3) is 0.378. The van der Waals surface area contributed by atoms with Crippen LogP contribution >= 0.6 is 0 Å². The van der Waals surface area contributed by atoms with Crippen molar-refractivity contribution in [3.05, 3.63) is 100 Å². The second kappa shape index (κ2) is 11.0. The number of allylic oxidation sites excluding steroid dienone is 4. The summed E-state index contributed by atoms with van der Waals surface area (Å²) in [6.07, 6.45) is 1.72. The lowest BCUT2D eigenvalue weighted by Crippen LogP contribution is -2.45. The Morgan fingerprint density at radius 2 is 1.45 bits per heavy atom. The number of carboxylic acids is 1. The molecule has 0 radical (unpaired) electrons. The van der Waals surface area contributed by atoms with E-state index in [2.05, 4.69) is 27.7 Å². The molecule has 0 aromatic heterocycles. The third kappa shape index (κ3) is 5.56. The molecule has 44 heavy (non-hydrogen) atoms. The quantitative estimate of drug-likeness (QED) is 0.301. The molecule has 2 aliphatic carbocycles. The van der Waals surface area contributed by atoms with E-state index in [4.69, 9.17) is 4.74 Å². The van der Waals surface area contributed by atoms with Crippen LogP contribution in [0.3, 0.4) is 0 Å². The lowest BCUT2D eigenvalue weighted by atomic mass is 9.63. The zero-order chi connectivity index (χ0) is 31.4. The van der Waals surface area contributed by atoms with Crippen LogP contribution in [0.25, 0.3) is 10.8 Å². The van der Waals surface area contributed by atoms with Crippen molar-refractivity contribution < 1.29 is 28.6 Å². The molecule has 3 aromatic carbocycles. The predicted molar refractivity (Wildman–Crippen MR) is 166 cm³/mol. The molecule has 0 unspecified atom stereocenters. The van der Waals surface area contributed by atoms with Crippen molar-refractivity contribution in [3.8, 4) is 5.75 Å². The Kier molecular flexibility index (Phi) is 7.47. The van der Waals surface area contributed by atoms with E-state index in [0.717, 1.165) is 33.3 Å². The van der Waals surface area contributed by atoms with Gasteiger partial charge in [-0.3, -0.25) is 14.4 Å². The van der Waals surface area contributed by atoms with Crippen LogP contribution in [0.2, 0.25) is 0 Å². The molecular formula is C37H38FNO5. The Hall–Kier alpha value is -4.26. The molecule has 0 atom stereocenters. The van der Waals surface area contributed by atoms with E-state index in [1.165, 1.54) is 12.1 Å². The van der Waals surface area contributed by atoms with Crippen molar-refractivity contribution in [1.29, 1.82) is 0 Å². The maximum Gasteiger partial charge on any atom is 0.305 e. The smallest absolute Gasteiger partial charge is 0.305 e. The Labute approximate surface area is 257 Å². The fourth-order valence-corrected chi connectivity index (χ4v) is 7.25. The molecule has 3 aromatic rings. The molecule has 0 fully saturated rings. The molecule has 0 saturated carbocycles. The summed E-state index contributed by atoms with van der Waals surface area (Å²) >= 11 is 0. The highest BCUT2D eigenvalue weighted by Gasteiger charge is 2.49. The Balaban J connectivity index is 1.61. The minimum atomic E-state index is -0.926. The highest BCUT2D eigenvalue weighted by atomic mass is 19.1. The molecular weight excluding hydrogens is 557 g/mol. The van der Waals surface area contributed by atoms with E-state index in [-0.39, 0.29) is 47.8 Å². The Morgan fingerprint density at radius 3 is 2.05 bits per heavy atom. The molecule has 0 spiro atoms. The number of carboxylic acid groups (broad SMARTS) is 1. The first kappa shape index (κ1) is 29.8. The van der Waals surface area contributed by atoms with Gasteiger partial charge in [0.25, 0.3) is 0 Å². The molecule has 1 N–H and O–H groups in total. The third-order valence-electron chi connectivity index (χ3n) is 9.10. The highest BCUT2D eigenvalue weighted by molar-refractivity contribution is 6.08. The number of nitrogens with zero attached hydrogens (tertiary/aromatic N) is 1. The Bertz CT molecular complexity index is 1690. The molecule has 7 heteroatoms. The normalized spacial score (nSPS) is 19.7. The van der Waals surface area contributed by atoms with Gasteiger partial charge >= 0.3 is 5.97 Å². The van der Waals surface area contributed by atoms with Crippen LogP contribution in [0.4, 0.5) is 4.39 Å². The van der Waals surface area contributed by atoms with Gasteiger partial charge in [0.1, 0.15) is 18.2 Å². The van der Waals surface area contributed by atoms with Gasteiger partial charge in [0.2, 0.25) is 0 Å². The number of rotatable bonds is 7. The molecule has 6 rings (SSSR count). The van der Waals surface area contributed by atoms with Gasteiger partial charge in [-0.15, -0.1) is 0 Å². The number of carbonyl (C=O) groups excluding carboxylic acids is 2. The maximum atomic E-state index is 14.3. The van der Waals surface area contributed by atoms with E-state index in [9.17, 15) is 23.9 Å². The SMILES string of the molecule is CC1(C)CC(=O)C2=C(C1)N(CCC(=O)O)C1=C(C(=O)CC(C)(C)C1)C2c1c(OCc2ccc(F)cc2)ccc2ccccc12. The fourth-order valence-electron chi connectivity index (χ4n) is 7.25. The summed E-state index contributed by atoms with van der Waals surface area (Å²) in [5.41, 5.74) is 3.69. The van der Waals surface area contributed by atoms with Crippen LogP contribution in [0.5, 0.6) is 5.75 Å². The molecule has 1 heterocycles. The first-order valence-corrected chi connectivity index (χ1v) is 15.2. The van der Waals surface area contributed by atoms with Crippen LogP contribution in [0.1, 0.15) is 76.8 Å². The number of ketones is 2. The van der Waals surface area contributed by atoms with Crippen LogP contribution in [-0.2, 0) is 21.0 Å². The van der Waals surface area contributed by atoms with E-state index in [1.54, 1.807) is 12.1 Å². The summed E-state index contributed by atoms with van der Waals surface area (Å²) in [7, 11) is 0. The molecule has 0 amide bonds. The number of Topliss-reactive ketones (excluding diaryl/α,β-unsaturated/α-hetero) is 2. The van der Waals surface area contributed by atoms with Gasteiger partial charge in [-0.25, -0.2) is 4.39 Å². The van der Waals surface area contributed by atoms with E-state index in [0.29, 0.717) is 42.6 Å². The summed E-state index contributed by atoms with van der Waals surface area (Å²) in [6, 6.07) is 17.9. The zero-order valence-electron chi connectivity index (χ0n) is 25.7. The largest absolute Gasteiger partial charge is 0.489 e. The first-order valence-electron chi connectivity index (χ1n) is 15.2. The lowest BCUT2D eigenvalue weighted by molar-refractivity contribution is -0.137. The van der Waals surface area contributed by atoms with E-state index in [1.807, 2.05) is 41.3 Å². The van der Waals surface area contributed by atoms with Crippen molar-refractivity contribution in [3.63, 3.8) is 0 Å². The van der Waals surface area contributed by atoms with Gasteiger partial charge in [-0.2, -0.15) is 0 Å². The average Bonchev–Trinajstić information content (AvgIpc) is 2.94. The van der Waals surface area contributed by atoms with Crippen LogP contribution in [0.15, 0.2) is 83.2 Å².